The fraction of sp³-hybridized carbons (Fsp3) is 0.538. The highest BCUT2D eigenvalue weighted by Crippen LogP contribution is 2.22. The number of hydrogen-bond acceptors (Lipinski definition) is 2. The lowest BCUT2D eigenvalue weighted by Gasteiger charge is -2.25. The molecule has 1 atom stereocenters. The van der Waals surface area contributed by atoms with Gasteiger partial charge in [0.2, 0.25) is 0 Å². The maximum Gasteiger partial charge on any atom is 0.159 e. The van der Waals surface area contributed by atoms with Crippen molar-refractivity contribution in [1.29, 1.82) is 0 Å². The molecule has 0 aliphatic heterocycles. The number of halogens is 2. The van der Waals surface area contributed by atoms with Crippen LogP contribution in [-0.2, 0) is 6.42 Å². The molecule has 0 saturated heterocycles. The smallest absolute Gasteiger partial charge is 0.159 e. The molecule has 0 heterocycles. The van der Waals surface area contributed by atoms with Crippen molar-refractivity contribution in [2.24, 2.45) is 11.3 Å². The quantitative estimate of drug-likeness (QED) is 0.629. The van der Waals surface area contributed by atoms with E-state index in [4.69, 9.17) is 5.84 Å². The van der Waals surface area contributed by atoms with Gasteiger partial charge in [-0.05, 0) is 36.0 Å². The lowest BCUT2D eigenvalue weighted by Crippen LogP contribution is -2.39. The molecule has 3 N–H and O–H groups in total. The van der Waals surface area contributed by atoms with Gasteiger partial charge in [-0.25, -0.2) is 8.78 Å². The van der Waals surface area contributed by atoms with Gasteiger partial charge in [0, 0.05) is 6.04 Å². The molecule has 0 saturated carbocycles. The van der Waals surface area contributed by atoms with E-state index < -0.39 is 11.6 Å². The van der Waals surface area contributed by atoms with E-state index in [1.165, 1.54) is 6.07 Å². The third-order valence-electron chi connectivity index (χ3n) is 2.56. The molecule has 0 radical (unpaired) electrons. The predicted molar refractivity (Wildman–Crippen MR) is 65.2 cm³/mol. The summed E-state index contributed by atoms with van der Waals surface area (Å²) >= 11 is 0. The van der Waals surface area contributed by atoms with Crippen LogP contribution in [0.25, 0.3) is 0 Å². The summed E-state index contributed by atoms with van der Waals surface area (Å²) in [4.78, 5) is 0. The molecule has 0 fully saturated rings. The first-order chi connectivity index (χ1) is 7.81. The summed E-state index contributed by atoms with van der Waals surface area (Å²) in [6.07, 6.45) is 1.45. The lowest BCUT2D eigenvalue weighted by molar-refractivity contribution is 0.308. The van der Waals surface area contributed by atoms with Crippen LogP contribution in [0.1, 0.15) is 32.8 Å². The Bertz CT molecular complexity index is 372. The van der Waals surface area contributed by atoms with Crippen LogP contribution in [-0.4, -0.2) is 6.04 Å². The molecule has 2 nitrogen and oxygen atoms in total. The number of hydrogen-bond donors (Lipinski definition) is 2. The van der Waals surface area contributed by atoms with E-state index in [1.807, 2.05) is 0 Å². The average molecular weight is 242 g/mol. The summed E-state index contributed by atoms with van der Waals surface area (Å²) in [7, 11) is 0. The van der Waals surface area contributed by atoms with Gasteiger partial charge in [0.25, 0.3) is 0 Å². The molecule has 1 aromatic rings. The maximum atomic E-state index is 13.0. The summed E-state index contributed by atoms with van der Waals surface area (Å²) in [5, 5.41) is 0. The third-order valence-corrected chi connectivity index (χ3v) is 2.56. The molecule has 1 aromatic carbocycles. The Labute approximate surface area is 101 Å². The Morgan fingerprint density at radius 1 is 1.24 bits per heavy atom. The van der Waals surface area contributed by atoms with E-state index in [0.717, 1.165) is 18.1 Å². The van der Waals surface area contributed by atoms with Gasteiger partial charge >= 0.3 is 0 Å². The molecule has 4 heteroatoms. The first-order valence-electron chi connectivity index (χ1n) is 5.72. The standard InChI is InChI=1S/C13H20F2N2/c1-13(2,3)8-10(17-16)6-9-4-5-11(14)12(15)7-9/h4-5,7,10,17H,6,8,16H2,1-3H3. The minimum atomic E-state index is -0.818. The first kappa shape index (κ1) is 14.1. The highest BCUT2D eigenvalue weighted by molar-refractivity contribution is 5.18. The first-order valence-corrected chi connectivity index (χ1v) is 5.72. The van der Waals surface area contributed by atoms with E-state index in [-0.39, 0.29) is 11.5 Å². The Morgan fingerprint density at radius 3 is 2.35 bits per heavy atom. The van der Waals surface area contributed by atoms with Crippen LogP contribution in [0.2, 0.25) is 0 Å². The van der Waals surface area contributed by atoms with Gasteiger partial charge in [-0.15, -0.1) is 0 Å². The topological polar surface area (TPSA) is 38.0 Å². The second-order valence-electron chi connectivity index (χ2n) is 5.58. The largest absolute Gasteiger partial charge is 0.271 e. The molecule has 0 amide bonds. The molecule has 0 aliphatic carbocycles. The van der Waals surface area contributed by atoms with Crippen LogP contribution in [0.15, 0.2) is 18.2 Å². The number of hydrazine groups is 1. The van der Waals surface area contributed by atoms with Crippen molar-refractivity contribution in [1.82, 2.24) is 5.43 Å². The zero-order valence-corrected chi connectivity index (χ0v) is 10.6. The molecule has 1 rings (SSSR count). The number of nitrogens with one attached hydrogen (secondary N) is 1. The van der Waals surface area contributed by atoms with Crippen molar-refractivity contribution < 1.29 is 8.78 Å². The molecule has 0 bridgehead atoms. The summed E-state index contributed by atoms with van der Waals surface area (Å²) in [5.41, 5.74) is 3.61. The third kappa shape index (κ3) is 4.79. The summed E-state index contributed by atoms with van der Waals surface area (Å²) < 4.78 is 25.8. The normalized spacial score (nSPS) is 13.8. The van der Waals surface area contributed by atoms with Crippen molar-refractivity contribution in [2.75, 3.05) is 0 Å². The molecule has 96 valence electrons. The zero-order chi connectivity index (χ0) is 13.1. The zero-order valence-electron chi connectivity index (χ0n) is 10.6. The van der Waals surface area contributed by atoms with Crippen LogP contribution < -0.4 is 11.3 Å². The predicted octanol–water partition coefficient (Wildman–Crippen LogP) is 2.78. The van der Waals surface area contributed by atoms with Gasteiger partial charge in [0.15, 0.2) is 11.6 Å². The van der Waals surface area contributed by atoms with Crippen molar-refractivity contribution in [3.8, 4) is 0 Å². The van der Waals surface area contributed by atoms with Crippen molar-refractivity contribution in [3.63, 3.8) is 0 Å². The minimum Gasteiger partial charge on any atom is -0.271 e. The second kappa shape index (κ2) is 5.56. The van der Waals surface area contributed by atoms with Gasteiger partial charge in [-0.1, -0.05) is 26.8 Å². The maximum absolute atomic E-state index is 13.0. The van der Waals surface area contributed by atoms with Crippen LogP contribution in [0, 0.1) is 17.0 Å². The summed E-state index contributed by atoms with van der Waals surface area (Å²) in [6.45, 7) is 6.34. The van der Waals surface area contributed by atoms with E-state index in [1.54, 1.807) is 6.07 Å². The highest BCUT2D eigenvalue weighted by atomic mass is 19.2. The van der Waals surface area contributed by atoms with Crippen molar-refractivity contribution in [3.05, 3.63) is 35.4 Å². The number of rotatable bonds is 4. The molecule has 17 heavy (non-hydrogen) atoms. The van der Waals surface area contributed by atoms with Gasteiger partial charge in [-0.3, -0.25) is 11.3 Å². The Balaban J connectivity index is 2.70. The molecule has 1 unspecified atom stereocenters. The van der Waals surface area contributed by atoms with Gasteiger partial charge < -0.3 is 0 Å². The summed E-state index contributed by atoms with van der Waals surface area (Å²) in [5.74, 6) is 3.85. The molecular formula is C13H20F2N2. The van der Waals surface area contributed by atoms with E-state index >= 15 is 0 Å². The molecule has 0 spiro atoms. The second-order valence-corrected chi connectivity index (χ2v) is 5.58. The van der Waals surface area contributed by atoms with Crippen molar-refractivity contribution in [2.45, 2.75) is 39.7 Å². The average Bonchev–Trinajstić information content (AvgIpc) is 2.20. The van der Waals surface area contributed by atoms with Crippen LogP contribution in [0.4, 0.5) is 8.78 Å². The van der Waals surface area contributed by atoms with Crippen LogP contribution in [0.5, 0.6) is 0 Å². The molecule has 0 aliphatic rings. The fourth-order valence-electron chi connectivity index (χ4n) is 1.88. The Morgan fingerprint density at radius 2 is 1.88 bits per heavy atom. The van der Waals surface area contributed by atoms with E-state index in [9.17, 15) is 8.78 Å². The number of nitrogens with two attached hydrogens (primary N) is 1. The van der Waals surface area contributed by atoms with Crippen LogP contribution >= 0.6 is 0 Å². The molecular weight excluding hydrogens is 222 g/mol. The number of benzene rings is 1. The van der Waals surface area contributed by atoms with Gasteiger partial charge in [0.1, 0.15) is 0 Å². The van der Waals surface area contributed by atoms with Gasteiger partial charge in [-0.2, -0.15) is 0 Å². The molecule has 0 aromatic heterocycles. The van der Waals surface area contributed by atoms with E-state index in [0.29, 0.717) is 6.42 Å². The summed E-state index contributed by atoms with van der Waals surface area (Å²) in [6, 6.07) is 4.02. The monoisotopic (exact) mass is 242 g/mol. The lowest BCUT2D eigenvalue weighted by atomic mass is 9.86. The SMILES string of the molecule is CC(C)(C)CC(Cc1ccc(F)c(F)c1)NN. The highest BCUT2D eigenvalue weighted by Gasteiger charge is 2.18. The van der Waals surface area contributed by atoms with Crippen molar-refractivity contribution >= 4 is 0 Å². The van der Waals surface area contributed by atoms with Gasteiger partial charge in [0.05, 0.1) is 0 Å². The Hall–Kier alpha value is -1.00. The van der Waals surface area contributed by atoms with E-state index in [2.05, 4.69) is 26.2 Å². The minimum absolute atomic E-state index is 0.0554. The van der Waals surface area contributed by atoms with Crippen LogP contribution in [0.3, 0.4) is 0 Å². The Kier molecular flexibility index (Phi) is 4.60. The fourth-order valence-corrected chi connectivity index (χ4v) is 1.88.